The lowest BCUT2D eigenvalue weighted by atomic mass is 10.1. The Kier molecular flexibility index (Phi) is 10.2. The molecule has 0 aliphatic heterocycles. The number of nitrogens with zero attached hydrogens (tertiary/aromatic N) is 3. The Hall–Kier alpha value is -5.61. The van der Waals surface area contributed by atoms with Gasteiger partial charge in [-0.15, -0.1) is 0 Å². The monoisotopic (exact) mass is 657 g/mol. The Bertz CT molecular complexity index is 2060. The zero-order valence-corrected chi connectivity index (χ0v) is 28.4. The number of ether oxygens (including phenoxy) is 3. The molecule has 49 heavy (non-hydrogen) atoms. The highest BCUT2D eigenvalue weighted by Gasteiger charge is 2.10. The van der Waals surface area contributed by atoms with Gasteiger partial charge >= 0.3 is 0 Å². The highest BCUT2D eigenvalue weighted by Crippen LogP contribution is 2.26. The third-order valence-electron chi connectivity index (χ3n) is 7.72. The van der Waals surface area contributed by atoms with Crippen LogP contribution in [0.4, 0.5) is 0 Å². The Balaban J connectivity index is 0.919. The number of nitrogens with one attached hydrogen (secondary N) is 3. The van der Waals surface area contributed by atoms with Gasteiger partial charge in [-0.05, 0) is 112 Å². The standard InChI is InChI=1S/C39H43N7O3/c1-24(2)41-26(5)29-10-16-33-35(22-29)45-38(43-33)27-6-12-31(13-7-27)48-20-18-47-19-21-49-32-14-8-28(9-15-32)39-44-34-17-11-30(23-36(34)46-39)37(40)42-25(3)4/h6-17,22-25,41H,5,18-21H2,1-4H3,(H2,40,42)(H,43,45)(H,44,46). The molecule has 0 amide bonds. The van der Waals surface area contributed by atoms with Crippen molar-refractivity contribution in [2.24, 2.45) is 10.7 Å². The van der Waals surface area contributed by atoms with Crippen LogP contribution in [0.25, 0.3) is 50.5 Å². The van der Waals surface area contributed by atoms with E-state index in [1.165, 1.54) is 0 Å². The Morgan fingerprint density at radius 3 is 1.69 bits per heavy atom. The maximum absolute atomic E-state index is 6.15. The number of imidazole rings is 2. The Morgan fingerprint density at radius 1 is 0.714 bits per heavy atom. The van der Waals surface area contributed by atoms with Crippen LogP contribution < -0.4 is 20.5 Å². The predicted octanol–water partition coefficient (Wildman–Crippen LogP) is 7.33. The van der Waals surface area contributed by atoms with Gasteiger partial charge in [-0.25, -0.2) is 9.97 Å². The van der Waals surface area contributed by atoms with Crippen molar-refractivity contribution in [1.82, 2.24) is 25.3 Å². The Labute approximate surface area is 286 Å². The van der Waals surface area contributed by atoms with Gasteiger partial charge in [-0.3, -0.25) is 4.99 Å². The minimum absolute atomic E-state index is 0.134. The average Bonchev–Trinajstić information content (AvgIpc) is 3.72. The normalized spacial score (nSPS) is 11.9. The van der Waals surface area contributed by atoms with Gasteiger partial charge < -0.3 is 35.2 Å². The fourth-order valence-electron chi connectivity index (χ4n) is 5.38. The number of benzene rings is 4. The summed E-state index contributed by atoms with van der Waals surface area (Å²) in [5, 5.41) is 3.36. The second-order valence-electron chi connectivity index (χ2n) is 12.4. The lowest BCUT2D eigenvalue weighted by Crippen LogP contribution is -2.20. The zero-order chi connectivity index (χ0) is 34.3. The quantitative estimate of drug-likeness (QED) is 0.0516. The van der Waals surface area contributed by atoms with E-state index in [0.29, 0.717) is 38.3 Å². The molecule has 10 heteroatoms. The predicted molar refractivity (Wildman–Crippen MR) is 198 cm³/mol. The van der Waals surface area contributed by atoms with E-state index < -0.39 is 0 Å². The fraction of sp³-hybridized carbons (Fsp3) is 0.256. The van der Waals surface area contributed by atoms with Crippen LogP contribution in [0.15, 0.2) is 96.5 Å². The smallest absolute Gasteiger partial charge is 0.138 e. The van der Waals surface area contributed by atoms with Crippen LogP contribution in [-0.2, 0) is 4.74 Å². The van der Waals surface area contributed by atoms with Gasteiger partial charge in [0, 0.05) is 34.5 Å². The van der Waals surface area contributed by atoms with Crippen molar-refractivity contribution < 1.29 is 14.2 Å². The van der Waals surface area contributed by atoms with Crippen LogP contribution in [0, 0.1) is 0 Å². The van der Waals surface area contributed by atoms with Crippen molar-refractivity contribution in [2.45, 2.75) is 39.8 Å². The molecule has 5 N–H and O–H groups in total. The molecule has 0 unspecified atom stereocenters. The summed E-state index contributed by atoms with van der Waals surface area (Å²) in [5.74, 6) is 3.64. The summed E-state index contributed by atoms with van der Waals surface area (Å²) in [6.07, 6.45) is 0. The van der Waals surface area contributed by atoms with E-state index in [1.54, 1.807) is 0 Å². The van der Waals surface area contributed by atoms with Crippen LogP contribution in [-0.4, -0.2) is 64.3 Å². The van der Waals surface area contributed by atoms with Crippen LogP contribution >= 0.6 is 0 Å². The van der Waals surface area contributed by atoms with Crippen molar-refractivity contribution in [2.75, 3.05) is 26.4 Å². The van der Waals surface area contributed by atoms with E-state index in [4.69, 9.17) is 29.9 Å². The number of nitrogens with two attached hydrogens (primary N) is 1. The molecule has 0 fully saturated rings. The number of fused-ring (bicyclic) bond motifs is 2. The molecule has 0 saturated heterocycles. The summed E-state index contributed by atoms with van der Waals surface area (Å²) in [6.45, 7) is 14.1. The van der Waals surface area contributed by atoms with Crippen molar-refractivity contribution in [1.29, 1.82) is 0 Å². The number of hydrogen-bond donors (Lipinski definition) is 4. The van der Waals surface area contributed by atoms with Crippen molar-refractivity contribution in [3.63, 3.8) is 0 Å². The van der Waals surface area contributed by atoms with Crippen molar-refractivity contribution in [3.05, 3.63) is 103 Å². The largest absolute Gasteiger partial charge is 0.491 e. The van der Waals surface area contributed by atoms with Crippen molar-refractivity contribution in [3.8, 4) is 34.3 Å². The van der Waals surface area contributed by atoms with E-state index in [1.807, 2.05) is 92.7 Å². The molecule has 252 valence electrons. The molecule has 0 aliphatic carbocycles. The van der Waals surface area contributed by atoms with Crippen LogP contribution in [0.3, 0.4) is 0 Å². The van der Waals surface area contributed by atoms with Crippen LogP contribution in [0.1, 0.15) is 38.8 Å². The molecule has 0 radical (unpaired) electrons. The minimum Gasteiger partial charge on any atom is -0.491 e. The number of hydrogen-bond acceptors (Lipinski definition) is 7. The van der Waals surface area contributed by atoms with E-state index in [2.05, 4.69) is 46.8 Å². The number of H-pyrrole nitrogens is 2. The SMILES string of the molecule is C=C(NC(C)C)c1ccc2nc(-c3ccc(OCCOCCOc4ccc(-c5nc6ccc(C(N)=NC(C)C)cc6[nH]5)cc4)cc3)[nH]c2c1. The maximum Gasteiger partial charge on any atom is 0.138 e. The average molecular weight is 658 g/mol. The highest BCUT2D eigenvalue weighted by molar-refractivity contribution is 6.00. The minimum atomic E-state index is 0.134. The van der Waals surface area contributed by atoms with Crippen LogP contribution in [0.2, 0.25) is 0 Å². The molecule has 4 aromatic carbocycles. The van der Waals surface area contributed by atoms with Crippen LogP contribution in [0.5, 0.6) is 11.5 Å². The van der Waals surface area contributed by atoms with Gasteiger partial charge in [-0.1, -0.05) is 12.6 Å². The van der Waals surface area contributed by atoms with Gasteiger partial charge in [0.2, 0.25) is 0 Å². The third-order valence-corrected chi connectivity index (χ3v) is 7.72. The zero-order valence-electron chi connectivity index (χ0n) is 28.4. The summed E-state index contributed by atoms with van der Waals surface area (Å²) in [5.41, 5.74) is 14.6. The lowest BCUT2D eigenvalue weighted by molar-refractivity contribution is 0.0764. The molecular weight excluding hydrogens is 614 g/mol. The summed E-state index contributed by atoms with van der Waals surface area (Å²) >= 11 is 0. The molecule has 0 bridgehead atoms. The molecule has 2 heterocycles. The lowest BCUT2D eigenvalue weighted by Gasteiger charge is -2.12. The summed E-state index contributed by atoms with van der Waals surface area (Å²) in [6, 6.07) is 28.2. The van der Waals surface area contributed by atoms with Gasteiger partial charge in [-0.2, -0.15) is 0 Å². The van der Waals surface area contributed by atoms with Gasteiger partial charge in [0.25, 0.3) is 0 Å². The summed E-state index contributed by atoms with van der Waals surface area (Å²) < 4.78 is 17.5. The van der Waals surface area contributed by atoms with Gasteiger partial charge in [0.15, 0.2) is 0 Å². The molecule has 0 saturated carbocycles. The first kappa shape index (κ1) is 33.3. The first-order valence-corrected chi connectivity index (χ1v) is 16.5. The van der Waals surface area contributed by atoms with E-state index >= 15 is 0 Å². The first-order valence-electron chi connectivity index (χ1n) is 16.5. The second-order valence-corrected chi connectivity index (χ2v) is 12.4. The number of amidine groups is 1. The van der Waals surface area contributed by atoms with E-state index in [-0.39, 0.29) is 6.04 Å². The molecule has 6 rings (SSSR count). The molecule has 0 aliphatic rings. The topological polar surface area (TPSA) is 135 Å². The van der Waals surface area contributed by atoms with Gasteiger partial charge in [0.05, 0.1) is 35.3 Å². The second kappa shape index (κ2) is 15.1. The summed E-state index contributed by atoms with van der Waals surface area (Å²) in [7, 11) is 0. The maximum atomic E-state index is 6.15. The number of aromatic nitrogens is 4. The molecular formula is C39H43N7O3. The van der Waals surface area contributed by atoms with E-state index in [9.17, 15) is 0 Å². The molecule has 10 nitrogen and oxygen atoms in total. The highest BCUT2D eigenvalue weighted by atomic mass is 16.5. The molecule has 0 spiro atoms. The number of aromatic amines is 2. The van der Waals surface area contributed by atoms with Gasteiger partial charge in [0.1, 0.15) is 42.2 Å². The Morgan fingerprint density at radius 2 is 1.20 bits per heavy atom. The fourth-order valence-corrected chi connectivity index (χ4v) is 5.38. The van der Waals surface area contributed by atoms with E-state index in [0.717, 1.165) is 73.2 Å². The summed E-state index contributed by atoms with van der Waals surface area (Å²) in [4.78, 5) is 20.7. The molecule has 2 aromatic heterocycles. The molecule has 0 atom stereocenters. The first-order chi connectivity index (χ1) is 23.7. The number of rotatable bonds is 15. The van der Waals surface area contributed by atoms with Crippen molar-refractivity contribution >= 4 is 33.6 Å². The number of aliphatic imine (C=N–C) groups is 1. The third kappa shape index (κ3) is 8.46. The molecule has 6 aromatic rings.